The number of para-hydroxylation sites is 1. The van der Waals surface area contributed by atoms with Crippen LogP contribution in [0.25, 0.3) is 0 Å². The lowest BCUT2D eigenvalue weighted by Crippen LogP contribution is -2.36. The van der Waals surface area contributed by atoms with Gasteiger partial charge >= 0.3 is 0 Å². The number of anilines is 1. The zero-order chi connectivity index (χ0) is 15.1. The van der Waals surface area contributed by atoms with Crippen molar-refractivity contribution in [2.45, 2.75) is 58.9 Å². The van der Waals surface area contributed by atoms with Crippen LogP contribution in [0.4, 0.5) is 5.69 Å². The highest BCUT2D eigenvalue weighted by molar-refractivity contribution is 5.54. The van der Waals surface area contributed by atoms with Gasteiger partial charge in [-0.2, -0.15) is 0 Å². The monoisotopic (exact) mass is 288 g/mol. The van der Waals surface area contributed by atoms with Crippen molar-refractivity contribution in [2.24, 2.45) is 5.92 Å². The third kappa shape index (κ3) is 5.35. The third-order valence-electron chi connectivity index (χ3n) is 4.51. The Bertz CT molecular complexity index is 414. The van der Waals surface area contributed by atoms with E-state index in [9.17, 15) is 0 Å². The van der Waals surface area contributed by atoms with Crippen LogP contribution in [0.2, 0.25) is 0 Å². The van der Waals surface area contributed by atoms with Crippen LogP contribution in [0, 0.1) is 5.92 Å². The first kappa shape index (κ1) is 16.4. The van der Waals surface area contributed by atoms with Crippen LogP contribution in [0.5, 0.6) is 0 Å². The van der Waals surface area contributed by atoms with E-state index in [4.69, 9.17) is 0 Å². The van der Waals surface area contributed by atoms with Gasteiger partial charge < -0.3 is 10.2 Å². The Hall–Kier alpha value is -1.02. The molecule has 1 N–H and O–H groups in total. The third-order valence-corrected chi connectivity index (χ3v) is 4.51. The summed E-state index contributed by atoms with van der Waals surface area (Å²) in [6.45, 7) is 10.4. The lowest BCUT2D eigenvalue weighted by Gasteiger charge is -2.26. The number of rotatable bonds is 7. The highest BCUT2D eigenvalue weighted by atomic mass is 15.1. The van der Waals surface area contributed by atoms with Gasteiger partial charge in [-0.3, -0.25) is 0 Å². The molecule has 0 aliphatic carbocycles. The van der Waals surface area contributed by atoms with Gasteiger partial charge in [0.05, 0.1) is 0 Å². The molecule has 2 nitrogen and oxygen atoms in total. The van der Waals surface area contributed by atoms with E-state index < -0.39 is 0 Å². The van der Waals surface area contributed by atoms with Crippen LogP contribution in [0.3, 0.4) is 0 Å². The molecule has 1 aliphatic rings. The van der Waals surface area contributed by atoms with E-state index in [1.165, 1.54) is 49.9 Å². The summed E-state index contributed by atoms with van der Waals surface area (Å²) < 4.78 is 0. The van der Waals surface area contributed by atoms with Crippen molar-refractivity contribution in [1.82, 2.24) is 5.32 Å². The van der Waals surface area contributed by atoms with Crippen LogP contribution in [0.15, 0.2) is 24.3 Å². The Balaban J connectivity index is 1.80. The van der Waals surface area contributed by atoms with E-state index in [0.717, 1.165) is 19.0 Å². The van der Waals surface area contributed by atoms with Crippen LogP contribution in [-0.4, -0.2) is 25.7 Å². The van der Waals surface area contributed by atoms with Gasteiger partial charge in [0.2, 0.25) is 0 Å². The molecule has 2 heteroatoms. The average molecular weight is 288 g/mol. The van der Waals surface area contributed by atoms with E-state index in [1.807, 2.05) is 0 Å². The molecule has 0 saturated heterocycles. The molecule has 1 unspecified atom stereocenters. The fourth-order valence-corrected chi connectivity index (χ4v) is 3.13. The summed E-state index contributed by atoms with van der Waals surface area (Å²) in [6, 6.07) is 9.58. The molecule has 0 bridgehead atoms. The Labute approximate surface area is 130 Å². The minimum absolute atomic E-state index is 0.634. The largest absolute Gasteiger partial charge is 0.370 e. The summed E-state index contributed by atoms with van der Waals surface area (Å²) in [5, 5.41) is 3.69. The van der Waals surface area contributed by atoms with Crippen LogP contribution < -0.4 is 10.2 Å². The first-order valence-electron chi connectivity index (χ1n) is 8.73. The van der Waals surface area contributed by atoms with Gasteiger partial charge in [-0.1, -0.05) is 32.0 Å². The van der Waals surface area contributed by atoms with E-state index in [0.29, 0.717) is 6.04 Å². The predicted octanol–water partition coefficient (Wildman–Crippen LogP) is 4.24. The molecule has 1 aliphatic heterocycles. The van der Waals surface area contributed by atoms with Crippen LogP contribution >= 0.6 is 0 Å². The van der Waals surface area contributed by atoms with E-state index in [-0.39, 0.29) is 0 Å². The van der Waals surface area contributed by atoms with E-state index in [2.05, 4.69) is 55.3 Å². The van der Waals surface area contributed by atoms with Crippen molar-refractivity contribution in [1.29, 1.82) is 0 Å². The zero-order valence-electron chi connectivity index (χ0n) is 14.1. The van der Waals surface area contributed by atoms with Gasteiger partial charge in [0.1, 0.15) is 0 Å². The molecule has 1 heterocycles. The second-order valence-electron chi connectivity index (χ2n) is 6.90. The van der Waals surface area contributed by atoms with E-state index >= 15 is 0 Å². The van der Waals surface area contributed by atoms with Crippen molar-refractivity contribution in [2.75, 3.05) is 24.5 Å². The van der Waals surface area contributed by atoms with Gasteiger partial charge in [0, 0.05) is 31.4 Å². The molecule has 0 radical (unpaired) electrons. The first-order chi connectivity index (χ1) is 10.2. The number of nitrogens with one attached hydrogen (secondary N) is 1. The minimum atomic E-state index is 0.634. The Morgan fingerprint density at radius 3 is 2.71 bits per heavy atom. The van der Waals surface area contributed by atoms with Crippen LogP contribution in [-0.2, 0) is 6.42 Å². The highest BCUT2D eigenvalue weighted by Gasteiger charge is 2.14. The Kier molecular flexibility index (Phi) is 6.56. The highest BCUT2D eigenvalue weighted by Crippen LogP contribution is 2.25. The van der Waals surface area contributed by atoms with Crippen molar-refractivity contribution in [3.05, 3.63) is 29.8 Å². The van der Waals surface area contributed by atoms with E-state index in [1.54, 1.807) is 0 Å². The van der Waals surface area contributed by atoms with Gasteiger partial charge in [0.15, 0.2) is 0 Å². The second-order valence-corrected chi connectivity index (χ2v) is 6.90. The smallest absolute Gasteiger partial charge is 0.0399 e. The molecule has 0 spiro atoms. The molecule has 1 aromatic carbocycles. The summed E-state index contributed by atoms with van der Waals surface area (Å²) in [7, 11) is 0. The van der Waals surface area contributed by atoms with Gasteiger partial charge in [-0.25, -0.2) is 0 Å². The number of hydrogen-bond acceptors (Lipinski definition) is 2. The molecule has 1 aromatic rings. The number of hydrogen-bond donors (Lipinski definition) is 1. The summed E-state index contributed by atoms with van der Waals surface area (Å²) >= 11 is 0. The summed E-state index contributed by atoms with van der Waals surface area (Å²) in [6.07, 6.45) is 6.49. The molecule has 0 aromatic heterocycles. The topological polar surface area (TPSA) is 15.3 Å². The standard InChI is InChI=1S/C19H32N2/c1-16(2)11-12-17(3)20-13-15-21-14-7-6-9-18-8-4-5-10-19(18)21/h4-5,8,10,16-17,20H,6-7,9,11-15H2,1-3H3. The summed E-state index contributed by atoms with van der Waals surface area (Å²) in [5.74, 6) is 0.812. The number of nitrogens with zero attached hydrogens (tertiary/aromatic N) is 1. The maximum atomic E-state index is 3.69. The minimum Gasteiger partial charge on any atom is -0.370 e. The van der Waals surface area contributed by atoms with Crippen molar-refractivity contribution in [3.63, 3.8) is 0 Å². The number of fused-ring (bicyclic) bond motifs is 1. The molecule has 0 fully saturated rings. The molecule has 0 amide bonds. The molecule has 118 valence electrons. The summed E-state index contributed by atoms with van der Waals surface area (Å²) in [4.78, 5) is 2.57. The molecule has 2 rings (SSSR count). The fraction of sp³-hybridized carbons (Fsp3) is 0.684. The summed E-state index contributed by atoms with van der Waals surface area (Å²) in [5.41, 5.74) is 2.99. The van der Waals surface area contributed by atoms with Gasteiger partial charge in [0.25, 0.3) is 0 Å². The predicted molar refractivity (Wildman–Crippen MR) is 93.1 cm³/mol. The Morgan fingerprint density at radius 2 is 1.90 bits per heavy atom. The first-order valence-corrected chi connectivity index (χ1v) is 8.73. The SMILES string of the molecule is CC(C)CCC(C)NCCN1CCCCc2ccccc21. The average Bonchev–Trinajstić information content (AvgIpc) is 2.68. The second kappa shape index (κ2) is 8.43. The Morgan fingerprint density at radius 1 is 1.10 bits per heavy atom. The van der Waals surface area contributed by atoms with Gasteiger partial charge in [-0.15, -0.1) is 0 Å². The molecule has 0 saturated carbocycles. The molecule has 21 heavy (non-hydrogen) atoms. The molecule has 1 atom stereocenters. The zero-order valence-corrected chi connectivity index (χ0v) is 14.1. The maximum Gasteiger partial charge on any atom is 0.0399 e. The quantitative estimate of drug-likeness (QED) is 0.807. The number of benzene rings is 1. The molecular weight excluding hydrogens is 256 g/mol. The fourth-order valence-electron chi connectivity index (χ4n) is 3.13. The van der Waals surface area contributed by atoms with Crippen LogP contribution in [0.1, 0.15) is 52.0 Å². The molecular formula is C19H32N2. The van der Waals surface area contributed by atoms with Crippen molar-refractivity contribution < 1.29 is 0 Å². The lowest BCUT2D eigenvalue weighted by atomic mass is 10.0. The maximum absolute atomic E-state index is 3.69. The normalized spacial score (nSPS) is 16.7. The lowest BCUT2D eigenvalue weighted by molar-refractivity contribution is 0.453. The number of aryl methyl sites for hydroxylation is 1. The van der Waals surface area contributed by atoms with Crippen molar-refractivity contribution >= 4 is 5.69 Å². The van der Waals surface area contributed by atoms with Crippen molar-refractivity contribution in [3.8, 4) is 0 Å². The van der Waals surface area contributed by atoms with Gasteiger partial charge in [-0.05, 0) is 56.6 Å².